The third kappa shape index (κ3) is 4.38. The van der Waals surface area contributed by atoms with Gasteiger partial charge in [-0.25, -0.2) is 0 Å². The first-order valence-electron chi connectivity index (χ1n) is 7.84. The molecule has 1 N–H and O–H groups in total. The quantitative estimate of drug-likeness (QED) is 0.799. The van der Waals surface area contributed by atoms with Crippen LogP contribution in [-0.2, 0) is 5.75 Å². The normalized spacial score (nSPS) is 12.4. The van der Waals surface area contributed by atoms with E-state index in [1.807, 2.05) is 45.0 Å². The highest BCUT2D eigenvalue weighted by Gasteiger charge is 2.17. The monoisotopic (exact) mass is 332 g/mol. The Balaban J connectivity index is 2.13. The largest absolute Gasteiger partial charge is 0.361 e. The topological polar surface area (TPSA) is 55.1 Å². The molecule has 23 heavy (non-hydrogen) atoms. The van der Waals surface area contributed by atoms with Crippen LogP contribution in [0.15, 0.2) is 33.7 Å². The van der Waals surface area contributed by atoms with Crippen LogP contribution in [0.2, 0.25) is 0 Å². The third-order valence-corrected chi connectivity index (χ3v) is 5.14. The maximum atomic E-state index is 12.5. The van der Waals surface area contributed by atoms with Crippen LogP contribution in [0.4, 0.5) is 0 Å². The van der Waals surface area contributed by atoms with Gasteiger partial charge in [-0.05, 0) is 38.8 Å². The van der Waals surface area contributed by atoms with E-state index in [4.69, 9.17) is 4.52 Å². The van der Waals surface area contributed by atoms with Gasteiger partial charge in [-0.1, -0.05) is 31.1 Å². The molecule has 0 saturated heterocycles. The number of carbonyl (C=O) groups excluding carboxylic acids is 1. The fourth-order valence-electron chi connectivity index (χ4n) is 2.09. The summed E-state index contributed by atoms with van der Waals surface area (Å²) in [6.45, 7) is 10.1. The van der Waals surface area contributed by atoms with Crippen LogP contribution in [-0.4, -0.2) is 17.1 Å². The standard InChI is InChI=1S/C18H24N2O2S/c1-11(2)12(3)19-18(21)15-8-6-7-9-17(15)23-10-16-13(4)20-22-14(16)5/h6-9,11-12H,10H2,1-5H3,(H,19,21). The van der Waals surface area contributed by atoms with Crippen LogP contribution < -0.4 is 5.32 Å². The number of hydrogen-bond acceptors (Lipinski definition) is 4. The summed E-state index contributed by atoms with van der Waals surface area (Å²) >= 11 is 1.64. The molecule has 4 nitrogen and oxygen atoms in total. The second-order valence-corrected chi connectivity index (χ2v) is 7.11. The second kappa shape index (κ2) is 7.68. The molecule has 0 saturated carbocycles. The van der Waals surface area contributed by atoms with Crippen molar-refractivity contribution in [3.05, 3.63) is 46.8 Å². The van der Waals surface area contributed by atoms with Crippen LogP contribution in [0.5, 0.6) is 0 Å². The number of carbonyl (C=O) groups is 1. The van der Waals surface area contributed by atoms with Gasteiger partial charge < -0.3 is 9.84 Å². The highest BCUT2D eigenvalue weighted by Crippen LogP contribution is 2.28. The minimum absolute atomic E-state index is 0.0203. The molecule has 1 amide bonds. The number of hydrogen-bond donors (Lipinski definition) is 1. The Kier molecular flexibility index (Phi) is 5.88. The van der Waals surface area contributed by atoms with Crippen molar-refractivity contribution < 1.29 is 9.32 Å². The molecular formula is C18H24N2O2S. The van der Waals surface area contributed by atoms with E-state index in [1.165, 1.54) is 0 Å². The SMILES string of the molecule is Cc1noc(C)c1CSc1ccccc1C(=O)NC(C)C(C)C. The van der Waals surface area contributed by atoms with Crippen molar-refractivity contribution in [3.63, 3.8) is 0 Å². The lowest BCUT2D eigenvalue weighted by Crippen LogP contribution is -2.36. The van der Waals surface area contributed by atoms with Crippen molar-refractivity contribution in [2.24, 2.45) is 5.92 Å². The second-order valence-electron chi connectivity index (χ2n) is 6.09. The van der Waals surface area contributed by atoms with Crippen LogP contribution in [0, 0.1) is 19.8 Å². The Hall–Kier alpha value is -1.75. The van der Waals surface area contributed by atoms with Gasteiger partial charge in [0.15, 0.2) is 0 Å². The van der Waals surface area contributed by atoms with Crippen molar-refractivity contribution in [1.82, 2.24) is 10.5 Å². The van der Waals surface area contributed by atoms with Gasteiger partial charge in [-0.3, -0.25) is 4.79 Å². The average molecular weight is 332 g/mol. The molecule has 1 aromatic heterocycles. The summed E-state index contributed by atoms with van der Waals surface area (Å²) in [5.74, 6) is 1.96. The summed E-state index contributed by atoms with van der Waals surface area (Å²) in [7, 11) is 0. The Labute approximate surface area is 142 Å². The van der Waals surface area contributed by atoms with Crippen LogP contribution in [0.25, 0.3) is 0 Å². The van der Waals surface area contributed by atoms with E-state index >= 15 is 0 Å². The first-order chi connectivity index (χ1) is 10.9. The number of amides is 1. The number of rotatable bonds is 6. The highest BCUT2D eigenvalue weighted by atomic mass is 32.2. The molecule has 0 aliphatic carbocycles. The van der Waals surface area contributed by atoms with Gasteiger partial charge in [-0.15, -0.1) is 11.8 Å². The van der Waals surface area contributed by atoms with Crippen LogP contribution >= 0.6 is 11.8 Å². The summed E-state index contributed by atoms with van der Waals surface area (Å²) in [5, 5.41) is 7.05. The van der Waals surface area contributed by atoms with E-state index in [2.05, 4.69) is 24.3 Å². The first-order valence-corrected chi connectivity index (χ1v) is 8.83. The Morgan fingerprint density at radius 2 is 1.96 bits per heavy atom. The summed E-state index contributed by atoms with van der Waals surface area (Å²) in [6, 6.07) is 7.85. The van der Waals surface area contributed by atoms with Crippen molar-refractivity contribution in [2.75, 3.05) is 0 Å². The molecule has 0 aliphatic heterocycles. The molecule has 1 aromatic carbocycles. The van der Waals surface area contributed by atoms with Crippen LogP contribution in [0.3, 0.4) is 0 Å². The Bertz CT molecular complexity index is 660. The van der Waals surface area contributed by atoms with Crippen LogP contribution in [0.1, 0.15) is 48.1 Å². The minimum atomic E-state index is -0.0203. The van der Waals surface area contributed by atoms with Gasteiger partial charge in [0, 0.05) is 22.3 Å². The molecule has 2 aromatic rings. The fourth-order valence-corrected chi connectivity index (χ4v) is 3.29. The number of thioether (sulfide) groups is 1. The Morgan fingerprint density at radius 1 is 1.26 bits per heavy atom. The van der Waals surface area contributed by atoms with Gasteiger partial charge >= 0.3 is 0 Å². The zero-order valence-corrected chi connectivity index (χ0v) is 15.2. The minimum Gasteiger partial charge on any atom is -0.361 e. The van der Waals surface area contributed by atoms with Crippen molar-refractivity contribution in [1.29, 1.82) is 0 Å². The fraction of sp³-hybridized carbons (Fsp3) is 0.444. The number of aryl methyl sites for hydroxylation is 2. The Morgan fingerprint density at radius 3 is 2.57 bits per heavy atom. The zero-order valence-electron chi connectivity index (χ0n) is 14.3. The number of nitrogens with one attached hydrogen (secondary N) is 1. The van der Waals surface area contributed by atoms with Crippen molar-refractivity contribution in [3.8, 4) is 0 Å². The van der Waals surface area contributed by atoms with Gasteiger partial charge in [0.1, 0.15) is 5.76 Å². The lowest BCUT2D eigenvalue weighted by atomic mass is 10.1. The van der Waals surface area contributed by atoms with E-state index < -0.39 is 0 Å². The van der Waals surface area contributed by atoms with Crippen molar-refractivity contribution in [2.45, 2.75) is 51.3 Å². The molecule has 0 fully saturated rings. The van der Waals surface area contributed by atoms with Gasteiger partial charge in [-0.2, -0.15) is 0 Å². The molecule has 0 bridgehead atoms. The number of aromatic nitrogens is 1. The zero-order chi connectivity index (χ0) is 17.0. The maximum Gasteiger partial charge on any atom is 0.252 e. The molecule has 124 valence electrons. The molecule has 1 heterocycles. The van der Waals surface area contributed by atoms with E-state index in [0.29, 0.717) is 5.92 Å². The number of nitrogens with zero attached hydrogens (tertiary/aromatic N) is 1. The molecule has 0 aliphatic rings. The molecule has 0 spiro atoms. The lowest BCUT2D eigenvalue weighted by Gasteiger charge is -2.18. The molecule has 1 unspecified atom stereocenters. The van der Waals surface area contributed by atoms with Crippen molar-refractivity contribution >= 4 is 17.7 Å². The van der Waals surface area contributed by atoms with Gasteiger partial charge in [0.25, 0.3) is 5.91 Å². The average Bonchev–Trinajstić information content (AvgIpc) is 2.84. The molecule has 2 rings (SSSR count). The first kappa shape index (κ1) is 17.6. The molecule has 5 heteroatoms. The summed E-state index contributed by atoms with van der Waals surface area (Å²) in [4.78, 5) is 13.5. The maximum absolute atomic E-state index is 12.5. The molecule has 1 atom stereocenters. The predicted molar refractivity (Wildman–Crippen MR) is 93.7 cm³/mol. The number of benzene rings is 1. The smallest absolute Gasteiger partial charge is 0.252 e. The molecule has 0 radical (unpaired) electrons. The lowest BCUT2D eigenvalue weighted by molar-refractivity contribution is 0.0927. The third-order valence-electron chi connectivity index (χ3n) is 4.04. The molecular weight excluding hydrogens is 308 g/mol. The van der Waals surface area contributed by atoms with E-state index in [-0.39, 0.29) is 11.9 Å². The summed E-state index contributed by atoms with van der Waals surface area (Å²) in [6.07, 6.45) is 0. The summed E-state index contributed by atoms with van der Waals surface area (Å²) < 4.78 is 5.20. The highest BCUT2D eigenvalue weighted by molar-refractivity contribution is 7.98. The van der Waals surface area contributed by atoms with Gasteiger partial charge in [0.05, 0.1) is 11.3 Å². The summed E-state index contributed by atoms with van der Waals surface area (Å²) in [5.41, 5.74) is 2.72. The predicted octanol–water partition coefficient (Wildman–Crippen LogP) is 4.36. The van der Waals surface area contributed by atoms with E-state index in [1.54, 1.807) is 11.8 Å². The van der Waals surface area contributed by atoms with E-state index in [9.17, 15) is 4.79 Å². The van der Waals surface area contributed by atoms with E-state index in [0.717, 1.165) is 33.2 Å². The van der Waals surface area contributed by atoms with Gasteiger partial charge in [0.2, 0.25) is 0 Å².